The van der Waals surface area contributed by atoms with Crippen molar-refractivity contribution in [1.29, 1.82) is 0 Å². The molecule has 0 radical (unpaired) electrons. The number of rotatable bonds is 1. The minimum absolute atomic E-state index is 0.522. The summed E-state index contributed by atoms with van der Waals surface area (Å²) in [7, 11) is 0. The van der Waals surface area contributed by atoms with Gasteiger partial charge in [0.25, 0.3) is 0 Å². The highest BCUT2D eigenvalue weighted by atomic mass is 35.5. The Kier molecular flexibility index (Phi) is 2.68. The third-order valence-corrected chi connectivity index (χ3v) is 2.64. The Hall–Kier alpha value is -0.700. The third kappa shape index (κ3) is 1.73. The lowest BCUT2D eigenvalue weighted by Crippen LogP contribution is -1.81. The van der Waals surface area contributed by atoms with Gasteiger partial charge in [-0.15, -0.1) is 0 Å². The molecule has 0 unspecified atom stereocenters. The lowest BCUT2D eigenvalue weighted by atomic mass is 10.1. The average molecular weight is 248 g/mol. The summed E-state index contributed by atoms with van der Waals surface area (Å²) in [5.74, 6) is 0. The molecule has 0 aliphatic rings. The zero-order chi connectivity index (χ0) is 10.1. The minimum atomic E-state index is 0.522. The summed E-state index contributed by atoms with van der Waals surface area (Å²) in [6.07, 6.45) is 1.52. The first-order valence-corrected chi connectivity index (χ1v) is 4.96. The monoisotopic (exact) mass is 246 g/mol. The van der Waals surface area contributed by atoms with E-state index in [1.807, 2.05) is 0 Å². The van der Waals surface area contributed by atoms with E-state index in [0.29, 0.717) is 20.8 Å². The van der Waals surface area contributed by atoms with Gasteiger partial charge in [0, 0.05) is 10.6 Å². The van der Waals surface area contributed by atoms with Crippen molar-refractivity contribution >= 4 is 34.8 Å². The summed E-state index contributed by atoms with van der Waals surface area (Å²) in [6.45, 7) is 0. The lowest BCUT2D eigenvalue weighted by Gasteiger charge is -2.02. The molecule has 0 amide bonds. The Labute approximate surface area is 95.8 Å². The standard InChI is InChI=1S/C9H5Cl3N2/c10-5-1-2-7(11)6(3-5)9-8(12)4-13-14-9/h1-4H,(H,13,14). The van der Waals surface area contributed by atoms with Gasteiger partial charge < -0.3 is 0 Å². The Bertz CT molecular complexity index is 465. The van der Waals surface area contributed by atoms with Crippen molar-refractivity contribution in [3.8, 4) is 11.3 Å². The zero-order valence-corrected chi connectivity index (χ0v) is 9.16. The molecule has 1 aromatic carbocycles. The molecule has 72 valence electrons. The minimum Gasteiger partial charge on any atom is -0.276 e. The molecule has 0 atom stereocenters. The fourth-order valence-corrected chi connectivity index (χ4v) is 1.73. The van der Waals surface area contributed by atoms with Crippen molar-refractivity contribution in [2.24, 2.45) is 0 Å². The van der Waals surface area contributed by atoms with Crippen LogP contribution in [0.25, 0.3) is 11.3 Å². The van der Waals surface area contributed by atoms with Crippen LogP contribution in [0.4, 0.5) is 0 Å². The molecular formula is C9H5Cl3N2. The van der Waals surface area contributed by atoms with Crippen LogP contribution < -0.4 is 0 Å². The summed E-state index contributed by atoms with van der Waals surface area (Å²) in [5.41, 5.74) is 1.43. The van der Waals surface area contributed by atoms with Gasteiger partial charge in [0.2, 0.25) is 0 Å². The van der Waals surface area contributed by atoms with Gasteiger partial charge in [-0.2, -0.15) is 5.10 Å². The highest BCUT2D eigenvalue weighted by Gasteiger charge is 2.09. The Morgan fingerprint density at radius 2 is 1.86 bits per heavy atom. The van der Waals surface area contributed by atoms with Crippen LogP contribution >= 0.6 is 34.8 Å². The summed E-state index contributed by atoms with van der Waals surface area (Å²) in [5, 5.41) is 8.29. The maximum absolute atomic E-state index is 5.99. The van der Waals surface area contributed by atoms with Gasteiger partial charge in [-0.25, -0.2) is 0 Å². The highest BCUT2D eigenvalue weighted by Crippen LogP contribution is 2.32. The maximum atomic E-state index is 5.99. The summed E-state index contributed by atoms with van der Waals surface area (Å²) in [6, 6.07) is 5.18. The SMILES string of the molecule is Clc1ccc(Cl)c(-c2[nH]ncc2Cl)c1. The van der Waals surface area contributed by atoms with E-state index in [2.05, 4.69) is 10.2 Å². The van der Waals surface area contributed by atoms with Crippen molar-refractivity contribution in [1.82, 2.24) is 10.2 Å². The quantitative estimate of drug-likeness (QED) is 0.809. The number of aromatic amines is 1. The van der Waals surface area contributed by atoms with E-state index >= 15 is 0 Å². The smallest absolute Gasteiger partial charge is 0.0863 e. The van der Waals surface area contributed by atoms with E-state index in [1.54, 1.807) is 18.2 Å². The molecule has 0 aliphatic carbocycles. The Morgan fingerprint density at radius 3 is 2.50 bits per heavy atom. The van der Waals surface area contributed by atoms with Crippen LogP contribution in [0, 0.1) is 0 Å². The molecule has 2 rings (SSSR count). The van der Waals surface area contributed by atoms with Crippen LogP contribution in [-0.2, 0) is 0 Å². The molecule has 1 N–H and O–H groups in total. The topological polar surface area (TPSA) is 28.7 Å². The molecule has 1 aromatic heterocycles. The molecule has 0 aliphatic heterocycles. The van der Waals surface area contributed by atoms with Gasteiger partial charge in [-0.1, -0.05) is 34.8 Å². The first-order valence-electron chi connectivity index (χ1n) is 3.83. The van der Waals surface area contributed by atoms with Crippen LogP contribution in [0.1, 0.15) is 0 Å². The van der Waals surface area contributed by atoms with E-state index in [1.165, 1.54) is 6.20 Å². The number of halogens is 3. The second kappa shape index (κ2) is 3.81. The van der Waals surface area contributed by atoms with Gasteiger partial charge in [-0.05, 0) is 18.2 Å². The van der Waals surface area contributed by atoms with Gasteiger partial charge in [-0.3, -0.25) is 5.10 Å². The first kappa shape index (κ1) is 9.84. The fraction of sp³-hybridized carbons (Fsp3) is 0. The van der Waals surface area contributed by atoms with Crippen LogP contribution in [-0.4, -0.2) is 10.2 Å². The predicted octanol–water partition coefficient (Wildman–Crippen LogP) is 4.04. The molecule has 0 bridgehead atoms. The maximum Gasteiger partial charge on any atom is 0.0863 e. The highest BCUT2D eigenvalue weighted by molar-refractivity contribution is 6.37. The molecular weight excluding hydrogens is 242 g/mol. The zero-order valence-electron chi connectivity index (χ0n) is 6.89. The molecule has 1 heterocycles. The average Bonchev–Trinajstić information content (AvgIpc) is 2.56. The van der Waals surface area contributed by atoms with Gasteiger partial charge in [0.15, 0.2) is 0 Å². The van der Waals surface area contributed by atoms with Crippen molar-refractivity contribution in [2.75, 3.05) is 0 Å². The fourth-order valence-electron chi connectivity index (χ4n) is 1.15. The predicted molar refractivity (Wildman–Crippen MR) is 59.1 cm³/mol. The molecule has 2 nitrogen and oxygen atoms in total. The number of hydrogen-bond donors (Lipinski definition) is 1. The van der Waals surface area contributed by atoms with Crippen molar-refractivity contribution < 1.29 is 0 Å². The number of nitrogens with one attached hydrogen (secondary N) is 1. The van der Waals surface area contributed by atoms with E-state index in [4.69, 9.17) is 34.8 Å². The largest absolute Gasteiger partial charge is 0.276 e. The number of H-pyrrole nitrogens is 1. The molecule has 2 aromatic rings. The molecule has 5 heteroatoms. The number of benzene rings is 1. The van der Waals surface area contributed by atoms with Crippen LogP contribution in [0.5, 0.6) is 0 Å². The van der Waals surface area contributed by atoms with E-state index < -0.39 is 0 Å². The van der Waals surface area contributed by atoms with E-state index in [-0.39, 0.29) is 0 Å². The van der Waals surface area contributed by atoms with Crippen LogP contribution in [0.15, 0.2) is 24.4 Å². The molecule has 14 heavy (non-hydrogen) atoms. The second-order valence-electron chi connectivity index (χ2n) is 2.72. The summed E-state index contributed by atoms with van der Waals surface area (Å²) in [4.78, 5) is 0. The van der Waals surface area contributed by atoms with Gasteiger partial charge in [0.05, 0.1) is 21.9 Å². The summed E-state index contributed by atoms with van der Waals surface area (Å²) < 4.78 is 0. The van der Waals surface area contributed by atoms with E-state index in [9.17, 15) is 0 Å². The second-order valence-corrected chi connectivity index (χ2v) is 3.97. The van der Waals surface area contributed by atoms with Crippen molar-refractivity contribution in [3.05, 3.63) is 39.5 Å². The molecule has 0 saturated carbocycles. The third-order valence-electron chi connectivity index (χ3n) is 1.79. The number of hydrogen-bond acceptors (Lipinski definition) is 1. The normalized spacial score (nSPS) is 10.5. The van der Waals surface area contributed by atoms with Gasteiger partial charge in [0.1, 0.15) is 0 Å². The van der Waals surface area contributed by atoms with Crippen molar-refractivity contribution in [3.63, 3.8) is 0 Å². The van der Waals surface area contributed by atoms with Crippen molar-refractivity contribution in [2.45, 2.75) is 0 Å². The lowest BCUT2D eigenvalue weighted by molar-refractivity contribution is 1.10. The van der Waals surface area contributed by atoms with Crippen LogP contribution in [0.3, 0.4) is 0 Å². The molecule has 0 saturated heterocycles. The number of nitrogens with zero attached hydrogens (tertiary/aromatic N) is 1. The van der Waals surface area contributed by atoms with Gasteiger partial charge >= 0.3 is 0 Å². The number of aromatic nitrogens is 2. The Morgan fingerprint density at radius 1 is 1.07 bits per heavy atom. The molecule has 0 fully saturated rings. The van der Waals surface area contributed by atoms with Crippen LogP contribution in [0.2, 0.25) is 15.1 Å². The van der Waals surface area contributed by atoms with E-state index in [0.717, 1.165) is 5.56 Å². The Balaban J connectivity index is 2.62. The first-order chi connectivity index (χ1) is 6.68. The molecule has 0 spiro atoms. The summed E-state index contributed by atoms with van der Waals surface area (Å²) >= 11 is 17.7.